The van der Waals surface area contributed by atoms with Gasteiger partial charge in [-0.25, -0.2) is 8.42 Å². The molecule has 0 heterocycles. The number of ether oxygens (including phenoxy) is 1. The van der Waals surface area contributed by atoms with Crippen LogP contribution in [0.15, 0.2) is 76.1 Å². The molecule has 192 valence electrons. The van der Waals surface area contributed by atoms with Crippen LogP contribution >= 0.6 is 15.9 Å². The normalized spacial score (nSPS) is 11.6. The Bertz CT molecular complexity index is 1300. The van der Waals surface area contributed by atoms with Crippen molar-refractivity contribution in [2.45, 2.75) is 58.1 Å². The van der Waals surface area contributed by atoms with Gasteiger partial charge in [-0.2, -0.15) is 0 Å². The van der Waals surface area contributed by atoms with Gasteiger partial charge in [-0.15, -0.1) is 0 Å². The van der Waals surface area contributed by atoms with Crippen LogP contribution in [-0.2, 0) is 16.6 Å². The second kappa shape index (κ2) is 11.5. The van der Waals surface area contributed by atoms with Gasteiger partial charge in [0, 0.05) is 17.6 Å². The van der Waals surface area contributed by atoms with E-state index in [9.17, 15) is 13.2 Å². The maximum atomic E-state index is 13.8. The minimum atomic E-state index is -3.90. The Hall–Kier alpha value is -2.84. The van der Waals surface area contributed by atoms with Gasteiger partial charge < -0.3 is 9.64 Å². The van der Waals surface area contributed by atoms with E-state index in [1.54, 1.807) is 36.4 Å². The summed E-state index contributed by atoms with van der Waals surface area (Å²) >= 11 is 3.39. The summed E-state index contributed by atoms with van der Waals surface area (Å²) in [6.07, 6.45) is 0. The number of rotatable bonds is 9. The Morgan fingerprint density at radius 2 is 1.50 bits per heavy atom. The predicted octanol–water partition coefficient (Wildman–Crippen LogP) is 6.42. The third kappa shape index (κ3) is 6.10. The number of sulfonamides is 1. The average molecular weight is 574 g/mol. The first-order chi connectivity index (χ1) is 16.9. The zero-order valence-electron chi connectivity index (χ0n) is 21.5. The van der Waals surface area contributed by atoms with E-state index in [0.717, 1.165) is 11.1 Å². The Morgan fingerprint density at radius 1 is 0.917 bits per heavy atom. The first kappa shape index (κ1) is 27.7. The molecule has 0 bridgehead atoms. The van der Waals surface area contributed by atoms with Crippen molar-refractivity contribution < 1.29 is 17.9 Å². The van der Waals surface area contributed by atoms with Gasteiger partial charge in [0.15, 0.2) is 0 Å². The lowest BCUT2D eigenvalue weighted by atomic mass is 10.1. The monoisotopic (exact) mass is 572 g/mol. The molecule has 0 aliphatic carbocycles. The molecule has 0 N–H and O–H groups in total. The largest absolute Gasteiger partial charge is 0.496 e. The van der Waals surface area contributed by atoms with Gasteiger partial charge in [0.2, 0.25) is 0 Å². The Labute approximate surface area is 223 Å². The zero-order chi connectivity index (χ0) is 26.6. The molecule has 0 saturated heterocycles. The maximum Gasteiger partial charge on any atom is 0.264 e. The maximum absolute atomic E-state index is 13.8. The van der Waals surface area contributed by atoms with Crippen LogP contribution in [0.5, 0.6) is 5.75 Å². The summed E-state index contributed by atoms with van der Waals surface area (Å²) in [7, 11) is -2.37. The van der Waals surface area contributed by atoms with Crippen LogP contribution in [0, 0.1) is 6.92 Å². The molecule has 0 fully saturated rings. The topological polar surface area (TPSA) is 66.9 Å². The first-order valence-corrected chi connectivity index (χ1v) is 14.0. The van der Waals surface area contributed by atoms with Crippen molar-refractivity contribution in [3.63, 3.8) is 0 Å². The highest BCUT2D eigenvalue weighted by Gasteiger charge is 2.27. The van der Waals surface area contributed by atoms with Gasteiger partial charge in [0.05, 0.1) is 28.7 Å². The molecule has 1 amide bonds. The van der Waals surface area contributed by atoms with Crippen molar-refractivity contribution in [2.75, 3.05) is 11.4 Å². The number of amides is 1. The molecule has 0 saturated carbocycles. The van der Waals surface area contributed by atoms with Crippen LogP contribution in [0.4, 0.5) is 5.69 Å². The fourth-order valence-electron chi connectivity index (χ4n) is 4.09. The highest BCUT2D eigenvalue weighted by atomic mass is 79.9. The van der Waals surface area contributed by atoms with Crippen molar-refractivity contribution in [2.24, 2.45) is 0 Å². The number of aryl methyl sites for hydroxylation is 1. The number of halogens is 1. The van der Waals surface area contributed by atoms with Crippen LogP contribution in [-0.4, -0.2) is 38.4 Å². The highest BCUT2D eigenvalue weighted by molar-refractivity contribution is 9.10. The number of benzene rings is 3. The first-order valence-electron chi connectivity index (χ1n) is 11.8. The lowest BCUT2D eigenvalue weighted by Crippen LogP contribution is -2.42. The summed E-state index contributed by atoms with van der Waals surface area (Å²) < 4.78 is 34.8. The highest BCUT2D eigenvalue weighted by Crippen LogP contribution is 2.32. The second-order valence-corrected chi connectivity index (χ2v) is 12.0. The SMILES string of the molecule is COc1ccc(S(=O)(=O)N(Cc2ccc(C(=O)N(C(C)C)C(C)C)cc2)c2ccc(C)cc2)cc1Br. The van der Waals surface area contributed by atoms with E-state index in [1.165, 1.54) is 17.5 Å². The summed E-state index contributed by atoms with van der Waals surface area (Å²) in [5, 5.41) is 0. The quantitative estimate of drug-likeness (QED) is 0.296. The number of carbonyl (C=O) groups is 1. The van der Waals surface area contributed by atoms with Crippen LogP contribution in [0.3, 0.4) is 0 Å². The molecule has 3 rings (SSSR count). The summed E-state index contributed by atoms with van der Waals surface area (Å²) in [4.78, 5) is 15.0. The Balaban J connectivity index is 1.98. The minimum absolute atomic E-state index is 0.0438. The Morgan fingerprint density at radius 3 is 2.00 bits per heavy atom. The number of carbonyl (C=O) groups excluding carboxylic acids is 1. The van der Waals surface area contributed by atoms with Gasteiger partial charge in [0.25, 0.3) is 15.9 Å². The fraction of sp³-hybridized carbons (Fsp3) is 0.321. The van der Waals surface area contributed by atoms with Crippen LogP contribution in [0.2, 0.25) is 0 Å². The molecule has 6 nitrogen and oxygen atoms in total. The van der Waals surface area contributed by atoms with E-state index in [2.05, 4.69) is 15.9 Å². The third-order valence-corrected chi connectivity index (χ3v) is 8.30. The molecule has 0 radical (unpaired) electrons. The molecule has 3 aromatic carbocycles. The van der Waals surface area contributed by atoms with E-state index in [-0.39, 0.29) is 29.4 Å². The van der Waals surface area contributed by atoms with E-state index < -0.39 is 10.0 Å². The summed E-state index contributed by atoms with van der Waals surface area (Å²) in [5.41, 5.74) is 2.93. The molecule has 0 aliphatic heterocycles. The lowest BCUT2D eigenvalue weighted by Gasteiger charge is -2.31. The smallest absolute Gasteiger partial charge is 0.264 e. The van der Waals surface area contributed by atoms with Gasteiger partial charge in [-0.05, 0) is 98.6 Å². The van der Waals surface area contributed by atoms with Crippen molar-refractivity contribution >= 4 is 37.5 Å². The molecular formula is C28H33BrN2O4S. The molecule has 0 atom stereocenters. The molecule has 8 heteroatoms. The van der Waals surface area contributed by atoms with Gasteiger partial charge >= 0.3 is 0 Å². The minimum Gasteiger partial charge on any atom is -0.496 e. The average Bonchev–Trinajstić information content (AvgIpc) is 2.83. The number of anilines is 1. The van der Waals surface area contributed by atoms with Gasteiger partial charge in [-0.3, -0.25) is 9.10 Å². The van der Waals surface area contributed by atoms with E-state index in [0.29, 0.717) is 21.5 Å². The third-order valence-electron chi connectivity index (χ3n) is 5.91. The van der Waals surface area contributed by atoms with E-state index in [4.69, 9.17) is 4.74 Å². The Kier molecular flexibility index (Phi) is 8.84. The van der Waals surface area contributed by atoms with Crippen molar-refractivity contribution in [1.82, 2.24) is 4.90 Å². The number of nitrogens with zero attached hydrogens (tertiary/aromatic N) is 2. The zero-order valence-corrected chi connectivity index (χ0v) is 23.9. The summed E-state index contributed by atoms with van der Waals surface area (Å²) in [6.45, 7) is 10.0. The van der Waals surface area contributed by atoms with Crippen LogP contribution < -0.4 is 9.04 Å². The van der Waals surface area contributed by atoms with Crippen LogP contribution in [0.25, 0.3) is 0 Å². The lowest BCUT2D eigenvalue weighted by molar-refractivity contribution is 0.0643. The van der Waals surface area contributed by atoms with Crippen LogP contribution in [0.1, 0.15) is 49.2 Å². The van der Waals surface area contributed by atoms with E-state index >= 15 is 0 Å². The van der Waals surface area contributed by atoms with E-state index in [1.807, 2.05) is 63.8 Å². The molecule has 0 aromatic heterocycles. The summed E-state index contributed by atoms with van der Waals surface area (Å²) in [6, 6.07) is 19.4. The molecule has 0 unspecified atom stereocenters. The number of hydrogen-bond donors (Lipinski definition) is 0. The molecule has 0 aliphatic rings. The van der Waals surface area contributed by atoms with Crippen molar-refractivity contribution in [3.05, 3.63) is 87.9 Å². The second-order valence-electron chi connectivity index (χ2n) is 9.24. The predicted molar refractivity (Wildman–Crippen MR) is 148 cm³/mol. The van der Waals surface area contributed by atoms with Gasteiger partial charge in [-0.1, -0.05) is 29.8 Å². The molecule has 0 spiro atoms. The van der Waals surface area contributed by atoms with Crippen molar-refractivity contribution in [3.8, 4) is 5.75 Å². The summed E-state index contributed by atoms with van der Waals surface area (Å²) in [5.74, 6) is 0.505. The fourth-order valence-corrected chi connectivity index (χ4v) is 6.27. The number of hydrogen-bond acceptors (Lipinski definition) is 4. The number of methoxy groups -OCH3 is 1. The van der Waals surface area contributed by atoms with Crippen molar-refractivity contribution in [1.29, 1.82) is 0 Å². The standard InChI is InChI=1S/C28H33BrN2O4S/c1-19(2)31(20(3)4)28(32)23-11-9-22(10-12-23)18-30(24-13-7-21(5)8-14-24)36(33,34)25-15-16-27(35-6)26(29)17-25/h7-17,19-20H,18H2,1-6H3. The molecular weight excluding hydrogens is 540 g/mol. The molecule has 36 heavy (non-hydrogen) atoms. The van der Waals surface area contributed by atoms with Gasteiger partial charge in [0.1, 0.15) is 5.75 Å². The molecule has 3 aromatic rings.